The van der Waals surface area contributed by atoms with E-state index in [-0.39, 0.29) is 11.8 Å². The van der Waals surface area contributed by atoms with E-state index in [0.29, 0.717) is 26.1 Å². The van der Waals surface area contributed by atoms with Crippen LogP contribution in [0.15, 0.2) is 54.6 Å². The molecule has 2 aliphatic heterocycles. The molecule has 0 spiro atoms. The molecule has 0 aliphatic carbocycles. The van der Waals surface area contributed by atoms with Crippen LogP contribution in [0.5, 0.6) is 5.75 Å². The average molecular weight is 436 g/mol. The molecule has 0 radical (unpaired) electrons. The molecule has 4 rings (SSSR count). The van der Waals surface area contributed by atoms with Crippen LogP contribution in [0.1, 0.15) is 30.4 Å². The van der Waals surface area contributed by atoms with Gasteiger partial charge in [-0.25, -0.2) is 0 Å². The lowest BCUT2D eigenvalue weighted by Gasteiger charge is -2.34. The highest BCUT2D eigenvalue weighted by atomic mass is 16.5. The zero-order chi connectivity index (χ0) is 22.2. The van der Waals surface area contributed by atoms with Crippen LogP contribution in [0.4, 0.5) is 0 Å². The van der Waals surface area contributed by atoms with Crippen molar-refractivity contribution in [2.45, 2.75) is 25.7 Å². The maximum absolute atomic E-state index is 12.3. The number of likely N-dealkylation sites (tertiary alicyclic amines) is 1. The van der Waals surface area contributed by atoms with Gasteiger partial charge in [-0.3, -0.25) is 19.4 Å². The van der Waals surface area contributed by atoms with Crippen LogP contribution in [-0.4, -0.2) is 78.9 Å². The predicted molar refractivity (Wildman–Crippen MR) is 125 cm³/mol. The van der Waals surface area contributed by atoms with Gasteiger partial charge in [-0.15, -0.1) is 0 Å². The number of carbonyl (C=O) groups is 2. The highest BCUT2D eigenvalue weighted by Gasteiger charge is 2.28. The molecule has 0 N–H and O–H groups in total. The second-order valence-electron chi connectivity index (χ2n) is 8.63. The summed E-state index contributed by atoms with van der Waals surface area (Å²) in [6.45, 7) is 6.28. The molecule has 2 aromatic rings. The quantitative estimate of drug-likeness (QED) is 0.567. The Balaban J connectivity index is 1.15. The van der Waals surface area contributed by atoms with Crippen molar-refractivity contribution in [2.75, 3.05) is 52.4 Å². The fourth-order valence-electron chi connectivity index (χ4n) is 4.44. The smallest absolute Gasteiger partial charge is 0.243 e. The number of hydrogen-bond acceptors (Lipinski definition) is 5. The maximum Gasteiger partial charge on any atom is 0.243 e. The summed E-state index contributed by atoms with van der Waals surface area (Å²) in [5.74, 6) is 0.915. The lowest BCUT2D eigenvalue weighted by Crippen LogP contribution is -2.50. The van der Waals surface area contributed by atoms with E-state index in [1.807, 2.05) is 12.1 Å². The number of ether oxygens (including phenoxy) is 1. The van der Waals surface area contributed by atoms with Gasteiger partial charge >= 0.3 is 0 Å². The molecule has 2 heterocycles. The number of carbonyl (C=O) groups excluding carboxylic acids is 2. The summed E-state index contributed by atoms with van der Waals surface area (Å²) >= 11 is 0. The van der Waals surface area contributed by atoms with Gasteiger partial charge in [-0.05, 0) is 30.0 Å². The van der Waals surface area contributed by atoms with E-state index in [1.54, 1.807) is 0 Å². The first kappa shape index (κ1) is 22.5. The SMILES string of the molecule is O=C1CCCN1C(=O)CN1CCN(CCCOc2ccccc2Cc2ccccc2)CC1. The van der Waals surface area contributed by atoms with Crippen molar-refractivity contribution in [3.63, 3.8) is 0 Å². The van der Waals surface area contributed by atoms with Crippen LogP contribution in [0, 0.1) is 0 Å². The summed E-state index contributed by atoms with van der Waals surface area (Å²) < 4.78 is 6.12. The summed E-state index contributed by atoms with van der Waals surface area (Å²) in [5.41, 5.74) is 2.50. The Morgan fingerprint density at radius 3 is 2.34 bits per heavy atom. The number of imide groups is 1. The Morgan fingerprint density at radius 2 is 1.59 bits per heavy atom. The average Bonchev–Trinajstić information content (AvgIpc) is 3.25. The molecule has 2 aliphatic rings. The van der Waals surface area contributed by atoms with E-state index in [0.717, 1.165) is 57.7 Å². The van der Waals surface area contributed by atoms with Crippen LogP contribution in [0.3, 0.4) is 0 Å². The lowest BCUT2D eigenvalue weighted by molar-refractivity contribution is -0.142. The van der Waals surface area contributed by atoms with E-state index < -0.39 is 0 Å². The Morgan fingerprint density at radius 1 is 0.875 bits per heavy atom. The van der Waals surface area contributed by atoms with Crippen LogP contribution < -0.4 is 4.74 Å². The summed E-state index contributed by atoms with van der Waals surface area (Å²) in [4.78, 5) is 30.1. The van der Waals surface area contributed by atoms with Crippen molar-refractivity contribution >= 4 is 11.8 Å². The third-order valence-electron chi connectivity index (χ3n) is 6.28. The fraction of sp³-hybridized carbons (Fsp3) is 0.462. The summed E-state index contributed by atoms with van der Waals surface area (Å²) in [6, 6.07) is 18.8. The normalized spacial score (nSPS) is 17.6. The Labute approximate surface area is 190 Å². The molecular weight excluding hydrogens is 402 g/mol. The zero-order valence-electron chi connectivity index (χ0n) is 18.7. The summed E-state index contributed by atoms with van der Waals surface area (Å²) in [6.07, 6.45) is 3.16. The topological polar surface area (TPSA) is 53.1 Å². The molecule has 0 bridgehead atoms. The summed E-state index contributed by atoms with van der Waals surface area (Å²) in [7, 11) is 0. The standard InChI is InChI=1S/C26H33N3O3/c30-25-12-6-14-29(25)26(31)21-28-17-15-27(16-18-28)13-7-19-32-24-11-5-4-10-23(24)20-22-8-2-1-3-9-22/h1-5,8-11H,6-7,12-21H2. The molecule has 32 heavy (non-hydrogen) atoms. The van der Waals surface area contributed by atoms with Gasteiger partial charge in [0.05, 0.1) is 13.2 Å². The highest BCUT2D eigenvalue weighted by molar-refractivity contribution is 5.97. The van der Waals surface area contributed by atoms with Crippen molar-refractivity contribution in [3.05, 3.63) is 65.7 Å². The molecule has 6 heteroatoms. The second kappa shape index (κ2) is 11.2. The number of benzene rings is 2. The van der Waals surface area contributed by atoms with Crippen molar-refractivity contribution in [2.24, 2.45) is 0 Å². The molecule has 2 amide bonds. The van der Waals surface area contributed by atoms with Gasteiger partial charge < -0.3 is 9.64 Å². The van der Waals surface area contributed by atoms with Gasteiger partial charge in [0.25, 0.3) is 0 Å². The maximum atomic E-state index is 12.3. The monoisotopic (exact) mass is 435 g/mol. The van der Waals surface area contributed by atoms with E-state index in [9.17, 15) is 9.59 Å². The Hall–Kier alpha value is -2.70. The Bertz CT molecular complexity index is 894. The van der Waals surface area contributed by atoms with Crippen LogP contribution in [0.2, 0.25) is 0 Å². The predicted octanol–water partition coefficient (Wildman–Crippen LogP) is 2.81. The van der Waals surface area contributed by atoms with Gasteiger partial charge in [-0.1, -0.05) is 48.5 Å². The molecule has 2 fully saturated rings. The summed E-state index contributed by atoms with van der Waals surface area (Å²) in [5, 5.41) is 0. The molecule has 2 aromatic carbocycles. The minimum atomic E-state index is -0.0384. The molecule has 0 saturated carbocycles. The molecule has 2 saturated heterocycles. The van der Waals surface area contributed by atoms with Gasteiger partial charge in [0.2, 0.25) is 11.8 Å². The minimum Gasteiger partial charge on any atom is -0.493 e. The highest BCUT2D eigenvalue weighted by Crippen LogP contribution is 2.21. The number of para-hydroxylation sites is 1. The van der Waals surface area contributed by atoms with Gasteiger partial charge in [0, 0.05) is 52.1 Å². The van der Waals surface area contributed by atoms with E-state index >= 15 is 0 Å². The second-order valence-corrected chi connectivity index (χ2v) is 8.63. The number of piperazine rings is 1. The zero-order valence-corrected chi connectivity index (χ0v) is 18.7. The number of hydrogen-bond donors (Lipinski definition) is 0. The molecule has 0 atom stereocenters. The van der Waals surface area contributed by atoms with Crippen molar-refractivity contribution in [3.8, 4) is 5.75 Å². The number of rotatable bonds is 9. The number of amides is 2. The third kappa shape index (κ3) is 6.17. The van der Waals surface area contributed by atoms with E-state index in [4.69, 9.17) is 4.74 Å². The van der Waals surface area contributed by atoms with Crippen molar-refractivity contribution in [1.82, 2.24) is 14.7 Å². The van der Waals surface area contributed by atoms with Crippen LogP contribution in [-0.2, 0) is 16.0 Å². The Kier molecular flexibility index (Phi) is 7.91. The van der Waals surface area contributed by atoms with Gasteiger partial charge in [0.1, 0.15) is 5.75 Å². The van der Waals surface area contributed by atoms with Crippen molar-refractivity contribution in [1.29, 1.82) is 0 Å². The number of nitrogens with zero attached hydrogens (tertiary/aromatic N) is 3. The molecular formula is C26H33N3O3. The lowest BCUT2D eigenvalue weighted by atomic mass is 10.0. The molecule has 0 aromatic heterocycles. The fourth-order valence-corrected chi connectivity index (χ4v) is 4.44. The van der Waals surface area contributed by atoms with Crippen molar-refractivity contribution < 1.29 is 14.3 Å². The van der Waals surface area contributed by atoms with Gasteiger partial charge in [0.15, 0.2) is 0 Å². The molecule has 170 valence electrons. The van der Waals surface area contributed by atoms with Gasteiger partial charge in [-0.2, -0.15) is 0 Å². The van der Waals surface area contributed by atoms with Crippen LogP contribution >= 0.6 is 0 Å². The minimum absolute atomic E-state index is 0.0148. The first-order chi connectivity index (χ1) is 15.7. The molecule has 0 unspecified atom stereocenters. The van der Waals surface area contributed by atoms with E-state index in [2.05, 4.69) is 52.3 Å². The largest absolute Gasteiger partial charge is 0.493 e. The van der Waals surface area contributed by atoms with E-state index in [1.165, 1.54) is 16.0 Å². The molecule has 6 nitrogen and oxygen atoms in total. The first-order valence-electron chi connectivity index (χ1n) is 11.7. The first-order valence-corrected chi connectivity index (χ1v) is 11.7. The third-order valence-corrected chi connectivity index (χ3v) is 6.28. The van der Waals surface area contributed by atoms with Crippen LogP contribution in [0.25, 0.3) is 0 Å².